The van der Waals surface area contributed by atoms with E-state index in [9.17, 15) is 0 Å². The van der Waals surface area contributed by atoms with E-state index >= 15 is 0 Å². The van der Waals surface area contributed by atoms with Crippen LogP contribution in [-0.4, -0.2) is 12.6 Å². The predicted molar refractivity (Wildman–Crippen MR) is 62.0 cm³/mol. The molecule has 0 aliphatic heterocycles. The average molecular weight is 198 g/mol. The molecule has 2 heteroatoms. The molecule has 0 radical (unpaired) electrons. The monoisotopic (exact) mass is 198 g/mol. The van der Waals surface area contributed by atoms with Gasteiger partial charge >= 0.3 is 0 Å². The van der Waals surface area contributed by atoms with Crippen LogP contribution in [0.2, 0.25) is 0 Å². The zero-order valence-corrected chi connectivity index (χ0v) is 9.76. The Bertz CT molecular complexity index is 160. The van der Waals surface area contributed by atoms with Gasteiger partial charge in [0.25, 0.3) is 0 Å². The molecule has 0 heterocycles. The summed E-state index contributed by atoms with van der Waals surface area (Å²) in [6.45, 7) is 5.14. The summed E-state index contributed by atoms with van der Waals surface area (Å²) in [5, 5.41) is 0. The highest BCUT2D eigenvalue weighted by atomic mass is 14.7. The van der Waals surface area contributed by atoms with Crippen LogP contribution in [-0.2, 0) is 0 Å². The Morgan fingerprint density at radius 3 is 2.29 bits per heavy atom. The van der Waals surface area contributed by atoms with Gasteiger partial charge in [-0.25, -0.2) is 0 Å². The molecule has 0 aromatic carbocycles. The van der Waals surface area contributed by atoms with E-state index in [1.807, 2.05) is 0 Å². The second kappa shape index (κ2) is 5.13. The second-order valence-corrected chi connectivity index (χ2v) is 5.54. The molecule has 4 N–H and O–H groups in total. The maximum atomic E-state index is 6.04. The second-order valence-electron chi connectivity index (χ2n) is 5.54. The third kappa shape index (κ3) is 3.25. The third-order valence-corrected chi connectivity index (χ3v) is 3.80. The molecule has 0 aromatic heterocycles. The van der Waals surface area contributed by atoms with E-state index in [0.29, 0.717) is 6.54 Å². The van der Waals surface area contributed by atoms with Gasteiger partial charge < -0.3 is 11.5 Å². The molecule has 1 aliphatic carbocycles. The zero-order valence-electron chi connectivity index (χ0n) is 9.76. The molecule has 0 bridgehead atoms. The lowest BCUT2D eigenvalue weighted by Gasteiger charge is -2.35. The lowest BCUT2D eigenvalue weighted by atomic mass is 9.73. The largest absolute Gasteiger partial charge is 0.329 e. The van der Waals surface area contributed by atoms with Crippen molar-refractivity contribution in [3.8, 4) is 0 Å². The maximum absolute atomic E-state index is 6.04. The van der Waals surface area contributed by atoms with E-state index in [0.717, 1.165) is 5.92 Å². The van der Waals surface area contributed by atoms with Crippen molar-refractivity contribution in [2.24, 2.45) is 22.8 Å². The van der Waals surface area contributed by atoms with Crippen LogP contribution in [0.3, 0.4) is 0 Å². The molecular formula is C12H26N2. The van der Waals surface area contributed by atoms with Gasteiger partial charge in [0, 0.05) is 12.6 Å². The van der Waals surface area contributed by atoms with Crippen molar-refractivity contribution in [3.63, 3.8) is 0 Å². The van der Waals surface area contributed by atoms with Gasteiger partial charge in [0.1, 0.15) is 0 Å². The fourth-order valence-electron chi connectivity index (χ4n) is 2.61. The van der Waals surface area contributed by atoms with Crippen LogP contribution in [0.5, 0.6) is 0 Å². The Morgan fingerprint density at radius 2 is 1.79 bits per heavy atom. The standard InChI is InChI=1S/C12H26N2/c1-12(2,11(14)9-13)8-10-6-4-3-5-7-10/h10-11H,3-9,13-14H2,1-2H3. The van der Waals surface area contributed by atoms with Crippen molar-refractivity contribution in [2.45, 2.75) is 58.4 Å². The molecule has 1 unspecified atom stereocenters. The van der Waals surface area contributed by atoms with E-state index in [-0.39, 0.29) is 11.5 Å². The predicted octanol–water partition coefficient (Wildman–Crippen LogP) is 2.27. The first kappa shape index (κ1) is 12.0. The van der Waals surface area contributed by atoms with Crippen LogP contribution in [0.15, 0.2) is 0 Å². The minimum Gasteiger partial charge on any atom is -0.329 e. The SMILES string of the molecule is CC(C)(CC1CCCCC1)C(N)CN. The first-order valence-electron chi connectivity index (χ1n) is 6.02. The van der Waals surface area contributed by atoms with Gasteiger partial charge in [0.15, 0.2) is 0 Å². The Labute approximate surface area is 88.4 Å². The quantitative estimate of drug-likeness (QED) is 0.728. The molecule has 14 heavy (non-hydrogen) atoms. The van der Waals surface area contributed by atoms with Crippen LogP contribution >= 0.6 is 0 Å². The van der Waals surface area contributed by atoms with Gasteiger partial charge in [-0.3, -0.25) is 0 Å². The van der Waals surface area contributed by atoms with Crippen LogP contribution < -0.4 is 11.5 Å². The summed E-state index contributed by atoms with van der Waals surface area (Å²) < 4.78 is 0. The van der Waals surface area contributed by atoms with Gasteiger partial charge in [-0.05, 0) is 17.8 Å². The molecule has 1 saturated carbocycles. The molecule has 84 valence electrons. The van der Waals surface area contributed by atoms with Crippen molar-refractivity contribution < 1.29 is 0 Å². The number of rotatable bonds is 4. The first-order valence-corrected chi connectivity index (χ1v) is 6.02. The Hall–Kier alpha value is -0.0800. The maximum Gasteiger partial charge on any atom is 0.0215 e. The van der Waals surface area contributed by atoms with Crippen molar-refractivity contribution in [1.82, 2.24) is 0 Å². The molecule has 1 fully saturated rings. The summed E-state index contributed by atoms with van der Waals surface area (Å²) in [5.41, 5.74) is 11.9. The summed E-state index contributed by atoms with van der Waals surface area (Å²) >= 11 is 0. The normalized spacial score (nSPS) is 22.3. The van der Waals surface area contributed by atoms with Gasteiger partial charge in [0.05, 0.1) is 0 Å². The van der Waals surface area contributed by atoms with E-state index < -0.39 is 0 Å². The van der Waals surface area contributed by atoms with Crippen LogP contribution in [0, 0.1) is 11.3 Å². The van der Waals surface area contributed by atoms with Gasteiger partial charge in [0.2, 0.25) is 0 Å². The zero-order chi connectivity index (χ0) is 10.6. The Morgan fingerprint density at radius 1 is 1.21 bits per heavy atom. The van der Waals surface area contributed by atoms with Gasteiger partial charge in [-0.15, -0.1) is 0 Å². The van der Waals surface area contributed by atoms with E-state index in [1.54, 1.807) is 0 Å². The molecule has 0 saturated heterocycles. The van der Waals surface area contributed by atoms with Crippen LogP contribution in [0.1, 0.15) is 52.4 Å². The topological polar surface area (TPSA) is 52.0 Å². The molecule has 1 rings (SSSR count). The molecule has 0 spiro atoms. The van der Waals surface area contributed by atoms with E-state index in [2.05, 4.69) is 13.8 Å². The number of hydrogen-bond donors (Lipinski definition) is 2. The van der Waals surface area contributed by atoms with Crippen molar-refractivity contribution in [1.29, 1.82) is 0 Å². The fraction of sp³-hybridized carbons (Fsp3) is 1.00. The first-order chi connectivity index (χ1) is 6.56. The molecule has 1 aliphatic rings. The number of hydrogen-bond acceptors (Lipinski definition) is 2. The van der Waals surface area contributed by atoms with E-state index in [4.69, 9.17) is 11.5 Å². The van der Waals surface area contributed by atoms with Crippen molar-refractivity contribution >= 4 is 0 Å². The summed E-state index contributed by atoms with van der Waals surface area (Å²) in [6, 6.07) is 0.157. The molecule has 0 amide bonds. The minimum absolute atomic E-state index is 0.157. The number of nitrogens with two attached hydrogens (primary N) is 2. The lowest BCUT2D eigenvalue weighted by Crippen LogP contribution is -2.44. The molecular weight excluding hydrogens is 172 g/mol. The summed E-state index contributed by atoms with van der Waals surface area (Å²) in [5.74, 6) is 0.899. The minimum atomic E-state index is 0.157. The summed E-state index contributed by atoms with van der Waals surface area (Å²) in [6.07, 6.45) is 8.32. The average Bonchev–Trinajstić information content (AvgIpc) is 2.17. The Kier molecular flexibility index (Phi) is 4.39. The lowest BCUT2D eigenvalue weighted by molar-refractivity contribution is 0.188. The molecule has 1 atom stereocenters. The Balaban J connectivity index is 2.40. The van der Waals surface area contributed by atoms with Crippen LogP contribution in [0.4, 0.5) is 0 Å². The van der Waals surface area contributed by atoms with E-state index in [1.165, 1.54) is 38.5 Å². The highest BCUT2D eigenvalue weighted by molar-refractivity contribution is 4.85. The van der Waals surface area contributed by atoms with Crippen molar-refractivity contribution in [2.75, 3.05) is 6.54 Å². The summed E-state index contributed by atoms with van der Waals surface area (Å²) in [7, 11) is 0. The summed E-state index contributed by atoms with van der Waals surface area (Å²) in [4.78, 5) is 0. The van der Waals surface area contributed by atoms with Gasteiger partial charge in [-0.2, -0.15) is 0 Å². The third-order valence-electron chi connectivity index (χ3n) is 3.80. The van der Waals surface area contributed by atoms with Crippen molar-refractivity contribution in [3.05, 3.63) is 0 Å². The van der Waals surface area contributed by atoms with Gasteiger partial charge in [-0.1, -0.05) is 46.0 Å². The molecule has 0 aromatic rings. The highest BCUT2D eigenvalue weighted by Gasteiger charge is 2.29. The highest BCUT2D eigenvalue weighted by Crippen LogP contribution is 2.35. The fourth-order valence-corrected chi connectivity index (χ4v) is 2.61. The van der Waals surface area contributed by atoms with Crippen LogP contribution in [0.25, 0.3) is 0 Å². The smallest absolute Gasteiger partial charge is 0.0215 e. The molecule has 2 nitrogen and oxygen atoms in total.